The highest BCUT2D eigenvalue weighted by atomic mass is 32.2. The number of unbranched alkanes of at least 4 members (excludes halogenated alkanes) is 8. The van der Waals surface area contributed by atoms with Gasteiger partial charge in [-0.1, -0.05) is 45.4 Å². The molecule has 5 heteroatoms. The molecule has 0 saturated heterocycles. The predicted molar refractivity (Wildman–Crippen MR) is 79.2 cm³/mol. The summed E-state index contributed by atoms with van der Waals surface area (Å²) in [6, 6.07) is 2.15. The van der Waals surface area contributed by atoms with E-state index in [1.165, 1.54) is 12.8 Å². The van der Waals surface area contributed by atoms with Crippen LogP contribution in [0.25, 0.3) is 0 Å². The average Bonchev–Trinajstić information content (AvgIpc) is 2.38. The Morgan fingerprint density at radius 2 is 1.53 bits per heavy atom. The second-order valence-corrected chi connectivity index (χ2v) is 6.88. The molecule has 0 spiro atoms. The third-order valence-corrected chi connectivity index (χ3v) is 4.52. The molecule has 0 aromatic rings. The summed E-state index contributed by atoms with van der Waals surface area (Å²) in [5.41, 5.74) is 0. The van der Waals surface area contributed by atoms with Crippen molar-refractivity contribution >= 4 is 10.0 Å². The van der Waals surface area contributed by atoms with Crippen LogP contribution in [0, 0.1) is 11.3 Å². The average molecular weight is 288 g/mol. The highest BCUT2D eigenvalue weighted by Gasteiger charge is 2.07. The minimum atomic E-state index is -3.03. The van der Waals surface area contributed by atoms with Gasteiger partial charge in [0.15, 0.2) is 0 Å². The van der Waals surface area contributed by atoms with Crippen molar-refractivity contribution in [1.29, 1.82) is 5.26 Å². The Bertz CT molecular complexity index is 334. The van der Waals surface area contributed by atoms with Gasteiger partial charge < -0.3 is 0 Å². The van der Waals surface area contributed by atoms with E-state index in [2.05, 4.69) is 10.8 Å². The fraction of sp³-hybridized carbons (Fsp3) is 0.929. The topological polar surface area (TPSA) is 70.0 Å². The molecule has 0 unspecified atom stereocenters. The minimum absolute atomic E-state index is 0.252. The lowest BCUT2D eigenvalue weighted by Gasteiger charge is -2.05. The molecule has 1 N–H and O–H groups in total. The quantitative estimate of drug-likeness (QED) is 0.528. The molecule has 0 aromatic carbocycles. The molecule has 0 aromatic heterocycles. The van der Waals surface area contributed by atoms with Crippen molar-refractivity contribution in [1.82, 2.24) is 4.72 Å². The molecule has 0 rings (SSSR count). The van der Waals surface area contributed by atoms with E-state index in [0.717, 1.165) is 44.9 Å². The number of sulfonamides is 1. The second kappa shape index (κ2) is 12.4. The van der Waals surface area contributed by atoms with E-state index in [9.17, 15) is 8.42 Å². The van der Waals surface area contributed by atoms with Crippen LogP contribution >= 0.6 is 0 Å². The molecule has 0 fully saturated rings. The number of nitrogens with zero attached hydrogens (tertiary/aromatic N) is 1. The van der Waals surface area contributed by atoms with Gasteiger partial charge in [0, 0.05) is 13.0 Å². The molecule has 0 aliphatic heterocycles. The lowest BCUT2D eigenvalue weighted by atomic mass is 10.1. The molecular weight excluding hydrogens is 260 g/mol. The largest absolute Gasteiger partial charge is 0.215 e. The number of nitrogens with one attached hydrogen (secondary N) is 1. The smallest absolute Gasteiger partial charge is 0.211 e. The number of rotatable bonds is 13. The Kier molecular flexibility index (Phi) is 12.0. The maximum absolute atomic E-state index is 11.5. The molecule has 0 heterocycles. The predicted octanol–water partition coefficient (Wildman–Crippen LogP) is 3.35. The highest BCUT2D eigenvalue weighted by Crippen LogP contribution is 2.08. The van der Waals surface area contributed by atoms with Gasteiger partial charge in [0.1, 0.15) is 0 Å². The normalized spacial score (nSPS) is 11.4. The van der Waals surface area contributed by atoms with E-state index in [-0.39, 0.29) is 5.75 Å². The van der Waals surface area contributed by atoms with Crippen LogP contribution in [0.5, 0.6) is 0 Å². The van der Waals surface area contributed by atoms with Gasteiger partial charge >= 0.3 is 0 Å². The summed E-state index contributed by atoms with van der Waals surface area (Å²) < 4.78 is 25.6. The van der Waals surface area contributed by atoms with Gasteiger partial charge in [-0.25, -0.2) is 13.1 Å². The van der Waals surface area contributed by atoms with Crippen molar-refractivity contribution in [2.75, 3.05) is 12.3 Å². The molecule has 0 aliphatic carbocycles. The summed E-state index contributed by atoms with van der Waals surface area (Å²) in [5, 5.41) is 8.38. The van der Waals surface area contributed by atoms with Crippen LogP contribution in [0.15, 0.2) is 0 Å². The van der Waals surface area contributed by atoms with E-state index in [1.807, 2.05) is 6.92 Å². The van der Waals surface area contributed by atoms with Gasteiger partial charge in [0.2, 0.25) is 10.0 Å². The molecule has 0 bridgehead atoms. The van der Waals surface area contributed by atoms with Crippen LogP contribution in [0.3, 0.4) is 0 Å². The van der Waals surface area contributed by atoms with E-state index in [0.29, 0.717) is 13.0 Å². The zero-order chi connectivity index (χ0) is 14.4. The van der Waals surface area contributed by atoms with Gasteiger partial charge in [-0.3, -0.25) is 0 Å². The van der Waals surface area contributed by atoms with Gasteiger partial charge in [-0.2, -0.15) is 5.26 Å². The Morgan fingerprint density at radius 1 is 0.947 bits per heavy atom. The van der Waals surface area contributed by atoms with E-state index < -0.39 is 10.0 Å². The standard InChI is InChI=1S/C14H28N2O2S/c1-2-3-14-19(17,18)16-13-11-9-7-5-4-6-8-10-12-15/h16H,2-11,13-14H2,1H3. The molecule has 0 amide bonds. The monoisotopic (exact) mass is 288 g/mol. The van der Waals surface area contributed by atoms with E-state index in [4.69, 9.17) is 5.26 Å². The van der Waals surface area contributed by atoms with Crippen molar-refractivity contribution in [3.05, 3.63) is 0 Å². The lowest BCUT2D eigenvalue weighted by Crippen LogP contribution is -2.27. The molecule has 0 aliphatic rings. The van der Waals surface area contributed by atoms with Gasteiger partial charge in [-0.05, 0) is 19.3 Å². The highest BCUT2D eigenvalue weighted by molar-refractivity contribution is 7.89. The maximum atomic E-state index is 11.5. The van der Waals surface area contributed by atoms with E-state index in [1.54, 1.807) is 0 Å². The first-order valence-corrected chi connectivity index (χ1v) is 9.12. The van der Waals surface area contributed by atoms with Crippen molar-refractivity contribution in [3.8, 4) is 6.07 Å². The summed E-state index contributed by atoms with van der Waals surface area (Å²) in [7, 11) is -3.03. The van der Waals surface area contributed by atoms with Crippen LogP contribution in [0.4, 0.5) is 0 Å². The third kappa shape index (κ3) is 13.6. The Morgan fingerprint density at radius 3 is 2.11 bits per heavy atom. The van der Waals surface area contributed by atoms with Crippen LogP contribution in [0.1, 0.15) is 71.1 Å². The molecule has 0 atom stereocenters. The van der Waals surface area contributed by atoms with Crippen molar-refractivity contribution < 1.29 is 8.42 Å². The van der Waals surface area contributed by atoms with Gasteiger partial charge in [-0.15, -0.1) is 0 Å². The van der Waals surface area contributed by atoms with Crippen LogP contribution in [-0.2, 0) is 10.0 Å². The van der Waals surface area contributed by atoms with Crippen molar-refractivity contribution in [2.45, 2.75) is 71.1 Å². The second-order valence-electron chi connectivity index (χ2n) is 4.95. The summed E-state index contributed by atoms with van der Waals surface area (Å²) in [6.07, 6.45) is 9.98. The van der Waals surface area contributed by atoms with Gasteiger partial charge in [0.05, 0.1) is 11.8 Å². The summed E-state index contributed by atoms with van der Waals surface area (Å²) >= 11 is 0. The van der Waals surface area contributed by atoms with Crippen molar-refractivity contribution in [3.63, 3.8) is 0 Å². The Balaban J connectivity index is 3.29. The molecule has 0 radical (unpaired) electrons. The lowest BCUT2D eigenvalue weighted by molar-refractivity contribution is 0.559. The third-order valence-electron chi connectivity index (χ3n) is 3.05. The van der Waals surface area contributed by atoms with E-state index >= 15 is 0 Å². The summed E-state index contributed by atoms with van der Waals surface area (Å²) in [5.74, 6) is 0.252. The summed E-state index contributed by atoms with van der Waals surface area (Å²) in [4.78, 5) is 0. The first kappa shape index (κ1) is 18.4. The fourth-order valence-electron chi connectivity index (χ4n) is 1.85. The van der Waals surface area contributed by atoms with Gasteiger partial charge in [0.25, 0.3) is 0 Å². The molecule has 112 valence electrons. The molecular formula is C14H28N2O2S. The Hall–Kier alpha value is -0.600. The van der Waals surface area contributed by atoms with Crippen LogP contribution < -0.4 is 4.72 Å². The minimum Gasteiger partial charge on any atom is -0.215 e. The number of nitriles is 1. The molecule has 4 nitrogen and oxygen atoms in total. The van der Waals surface area contributed by atoms with Crippen LogP contribution in [0.2, 0.25) is 0 Å². The zero-order valence-corrected chi connectivity index (χ0v) is 13.0. The van der Waals surface area contributed by atoms with Crippen molar-refractivity contribution in [2.24, 2.45) is 0 Å². The first-order valence-electron chi connectivity index (χ1n) is 7.46. The number of hydrogen-bond acceptors (Lipinski definition) is 3. The molecule has 0 saturated carbocycles. The zero-order valence-electron chi connectivity index (χ0n) is 12.2. The fourth-order valence-corrected chi connectivity index (χ4v) is 3.12. The summed E-state index contributed by atoms with van der Waals surface area (Å²) in [6.45, 7) is 2.56. The maximum Gasteiger partial charge on any atom is 0.211 e. The first-order chi connectivity index (χ1) is 9.12. The molecule has 19 heavy (non-hydrogen) atoms. The number of hydrogen-bond donors (Lipinski definition) is 1. The van der Waals surface area contributed by atoms with Crippen LogP contribution in [-0.4, -0.2) is 20.7 Å². The Labute approximate surface area is 118 Å². The SMILES string of the molecule is CCCCS(=O)(=O)NCCCCCCCCCC#N.